The summed E-state index contributed by atoms with van der Waals surface area (Å²) in [5.74, 6) is 1.09. The number of benzene rings is 1. The third-order valence-electron chi connectivity index (χ3n) is 4.08. The molecule has 0 fully saturated rings. The van der Waals surface area contributed by atoms with Crippen LogP contribution in [-0.4, -0.2) is 17.3 Å². The fraction of sp³-hybridized carbons (Fsp3) is 0.667. The molecule has 1 aromatic rings. The van der Waals surface area contributed by atoms with E-state index in [0.717, 1.165) is 25.0 Å². The molecule has 1 aliphatic heterocycles. The maximum Gasteiger partial charge on any atom is 0.127 e. The predicted molar refractivity (Wildman–Crippen MR) is 83.7 cm³/mol. The summed E-state index contributed by atoms with van der Waals surface area (Å²) in [6, 6.07) is 2.33. The number of aliphatic hydroxyl groups excluding tert-OH is 1. The highest BCUT2D eigenvalue weighted by Crippen LogP contribution is 2.44. The van der Waals surface area contributed by atoms with E-state index in [1.165, 1.54) is 22.3 Å². The van der Waals surface area contributed by atoms with Crippen molar-refractivity contribution in [3.05, 3.63) is 28.3 Å². The van der Waals surface area contributed by atoms with Crippen LogP contribution in [0.4, 0.5) is 0 Å². The minimum absolute atomic E-state index is 0.0979. The zero-order chi connectivity index (χ0) is 15.1. The van der Waals surface area contributed by atoms with Crippen LogP contribution < -0.4 is 4.74 Å². The first-order valence-electron chi connectivity index (χ1n) is 7.61. The third-order valence-corrected chi connectivity index (χ3v) is 4.08. The van der Waals surface area contributed by atoms with Crippen molar-refractivity contribution < 1.29 is 9.84 Å². The van der Waals surface area contributed by atoms with E-state index in [0.29, 0.717) is 0 Å². The summed E-state index contributed by atoms with van der Waals surface area (Å²) in [4.78, 5) is 0. The van der Waals surface area contributed by atoms with E-state index < -0.39 is 0 Å². The summed E-state index contributed by atoms with van der Waals surface area (Å²) in [6.45, 7) is 13.5. The second-order valence-corrected chi connectivity index (χ2v) is 7.64. The molecule has 0 amide bonds. The van der Waals surface area contributed by atoms with Gasteiger partial charge in [0.25, 0.3) is 0 Å². The van der Waals surface area contributed by atoms with Crippen LogP contribution in [-0.2, 0) is 18.3 Å². The molecule has 0 radical (unpaired) electrons. The van der Waals surface area contributed by atoms with Crippen molar-refractivity contribution in [1.29, 1.82) is 0 Å². The summed E-state index contributed by atoms with van der Waals surface area (Å²) < 4.78 is 6.26. The van der Waals surface area contributed by atoms with Gasteiger partial charge in [-0.25, -0.2) is 0 Å². The van der Waals surface area contributed by atoms with Crippen LogP contribution in [0.3, 0.4) is 0 Å². The molecule has 0 saturated heterocycles. The van der Waals surface area contributed by atoms with Gasteiger partial charge in [-0.05, 0) is 55.7 Å². The first-order chi connectivity index (χ1) is 9.15. The van der Waals surface area contributed by atoms with Gasteiger partial charge in [-0.3, -0.25) is 0 Å². The lowest BCUT2D eigenvalue weighted by Gasteiger charge is -2.26. The Morgan fingerprint density at radius 2 is 1.95 bits per heavy atom. The van der Waals surface area contributed by atoms with Gasteiger partial charge < -0.3 is 9.84 Å². The number of aryl methyl sites for hydroxylation is 1. The van der Waals surface area contributed by atoms with Gasteiger partial charge in [0.2, 0.25) is 0 Å². The van der Waals surface area contributed by atoms with Crippen LogP contribution >= 0.6 is 0 Å². The largest absolute Gasteiger partial charge is 0.487 e. The van der Waals surface area contributed by atoms with Crippen LogP contribution in [0.5, 0.6) is 5.75 Å². The smallest absolute Gasteiger partial charge is 0.127 e. The van der Waals surface area contributed by atoms with Crippen molar-refractivity contribution in [3.8, 4) is 5.75 Å². The van der Waals surface area contributed by atoms with E-state index in [-0.39, 0.29) is 17.6 Å². The Balaban J connectivity index is 2.59. The number of rotatable bonds is 3. The molecule has 2 heteroatoms. The molecule has 0 bridgehead atoms. The SMILES string of the molecule is Cc1cc(C(C)(C)C)c(CCCO)c2c1CC(C)(C)O2. The molecule has 2 nitrogen and oxygen atoms in total. The molecule has 0 aromatic heterocycles. The molecular formula is C18H28O2. The van der Waals surface area contributed by atoms with Crippen molar-refractivity contribution in [2.45, 2.75) is 71.8 Å². The molecule has 1 heterocycles. The number of aliphatic hydroxyl groups is 1. The predicted octanol–water partition coefficient (Wildman–Crippen LogP) is 3.93. The van der Waals surface area contributed by atoms with E-state index in [4.69, 9.17) is 4.74 Å². The molecular weight excluding hydrogens is 248 g/mol. The second-order valence-electron chi connectivity index (χ2n) is 7.64. The van der Waals surface area contributed by atoms with E-state index in [1.54, 1.807) is 0 Å². The minimum Gasteiger partial charge on any atom is -0.487 e. The van der Waals surface area contributed by atoms with Crippen LogP contribution in [0.2, 0.25) is 0 Å². The summed E-state index contributed by atoms with van der Waals surface area (Å²) in [6.07, 6.45) is 2.66. The summed E-state index contributed by atoms with van der Waals surface area (Å²) in [5, 5.41) is 9.19. The van der Waals surface area contributed by atoms with Crippen LogP contribution in [0.25, 0.3) is 0 Å². The van der Waals surface area contributed by atoms with Gasteiger partial charge in [-0.2, -0.15) is 0 Å². The average Bonchev–Trinajstić information content (AvgIpc) is 2.63. The molecule has 2 rings (SSSR count). The second kappa shape index (κ2) is 5.07. The number of hydrogen-bond donors (Lipinski definition) is 1. The van der Waals surface area contributed by atoms with Crippen molar-refractivity contribution >= 4 is 0 Å². The number of ether oxygens (including phenoxy) is 1. The van der Waals surface area contributed by atoms with Gasteiger partial charge in [0.1, 0.15) is 11.4 Å². The fourth-order valence-electron chi connectivity index (χ4n) is 3.13. The lowest BCUT2D eigenvalue weighted by atomic mass is 9.80. The molecule has 0 saturated carbocycles. The Morgan fingerprint density at radius 3 is 2.50 bits per heavy atom. The highest BCUT2D eigenvalue weighted by atomic mass is 16.5. The van der Waals surface area contributed by atoms with Gasteiger partial charge in [-0.1, -0.05) is 26.8 Å². The molecule has 112 valence electrons. The molecule has 1 N–H and O–H groups in total. The van der Waals surface area contributed by atoms with E-state index >= 15 is 0 Å². The van der Waals surface area contributed by atoms with Crippen molar-refractivity contribution in [2.75, 3.05) is 6.61 Å². The fourth-order valence-corrected chi connectivity index (χ4v) is 3.13. The van der Waals surface area contributed by atoms with E-state index in [2.05, 4.69) is 47.6 Å². The van der Waals surface area contributed by atoms with Gasteiger partial charge in [0, 0.05) is 18.6 Å². The molecule has 20 heavy (non-hydrogen) atoms. The maximum absolute atomic E-state index is 9.19. The Hall–Kier alpha value is -1.02. The summed E-state index contributed by atoms with van der Waals surface area (Å²) in [5.41, 5.74) is 5.34. The zero-order valence-electron chi connectivity index (χ0n) is 13.8. The molecule has 0 unspecified atom stereocenters. The standard InChI is InChI=1S/C18H28O2/c1-12-10-15(17(2,3)4)13(8-7-9-19)16-14(12)11-18(5,6)20-16/h10,19H,7-9,11H2,1-6H3. The zero-order valence-corrected chi connectivity index (χ0v) is 13.8. The lowest BCUT2D eigenvalue weighted by molar-refractivity contribution is 0.137. The Kier molecular flexibility index (Phi) is 3.90. The van der Waals surface area contributed by atoms with Gasteiger partial charge in [-0.15, -0.1) is 0 Å². The minimum atomic E-state index is -0.114. The highest BCUT2D eigenvalue weighted by Gasteiger charge is 2.35. The Labute approximate surface area is 123 Å². The first-order valence-corrected chi connectivity index (χ1v) is 7.61. The molecule has 1 aliphatic rings. The molecule has 0 atom stereocenters. The van der Waals surface area contributed by atoms with E-state index in [9.17, 15) is 5.11 Å². The quantitative estimate of drug-likeness (QED) is 0.906. The first kappa shape index (κ1) is 15.4. The molecule has 0 aliphatic carbocycles. The normalized spacial score (nSPS) is 16.9. The van der Waals surface area contributed by atoms with Crippen LogP contribution in [0.15, 0.2) is 6.07 Å². The van der Waals surface area contributed by atoms with Crippen molar-refractivity contribution in [2.24, 2.45) is 0 Å². The lowest BCUT2D eigenvalue weighted by Crippen LogP contribution is -2.25. The summed E-state index contributed by atoms with van der Waals surface area (Å²) in [7, 11) is 0. The van der Waals surface area contributed by atoms with E-state index in [1.807, 2.05) is 0 Å². The molecule has 1 aromatic carbocycles. The van der Waals surface area contributed by atoms with Gasteiger partial charge in [0.15, 0.2) is 0 Å². The highest BCUT2D eigenvalue weighted by molar-refractivity contribution is 5.55. The monoisotopic (exact) mass is 276 g/mol. The number of hydrogen-bond acceptors (Lipinski definition) is 2. The Bertz CT molecular complexity index is 507. The van der Waals surface area contributed by atoms with Crippen molar-refractivity contribution in [1.82, 2.24) is 0 Å². The topological polar surface area (TPSA) is 29.5 Å². The number of fused-ring (bicyclic) bond motifs is 1. The van der Waals surface area contributed by atoms with Crippen molar-refractivity contribution in [3.63, 3.8) is 0 Å². The van der Waals surface area contributed by atoms with Gasteiger partial charge >= 0.3 is 0 Å². The molecule has 0 spiro atoms. The van der Waals surface area contributed by atoms with Gasteiger partial charge in [0.05, 0.1) is 0 Å². The Morgan fingerprint density at radius 1 is 1.30 bits per heavy atom. The maximum atomic E-state index is 9.19. The third kappa shape index (κ3) is 2.85. The summed E-state index contributed by atoms with van der Waals surface area (Å²) >= 11 is 0. The average molecular weight is 276 g/mol. The van der Waals surface area contributed by atoms with Crippen LogP contribution in [0.1, 0.15) is 63.3 Å². The van der Waals surface area contributed by atoms with Crippen LogP contribution in [0, 0.1) is 6.92 Å².